The molecule has 26 heavy (non-hydrogen) atoms. The van der Waals surface area contributed by atoms with E-state index < -0.39 is 5.60 Å². The Hall–Kier alpha value is -1.10. The minimum atomic E-state index is -0.469. The molecule has 7 nitrogen and oxygen atoms in total. The van der Waals surface area contributed by atoms with Gasteiger partial charge in [-0.25, -0.2) is 9.78 Å². The van der Waals surface area contributed by atoms with Crippen molar-refractivity contribution in [2.45, 2.75) is 52.6 Å². The Morgan fingerprint density at radius 1 is 1.23 bits per heavy atom. The average molecular weight is 497 g/mol. The molecule has 0 bridgehead atoms. The molecule has 0 spiro atoms. The molecule has 150 valence electrons. The van der Waals surface area contributed by atoms with Crippen LogP contribution < -0.4 is 16.0 Å². The first-order valence-electron chi connectivity index (χ1n) is 8.68. The van der Waals surface area contributed by atoms with Gasteiger partial charge in [0.25, 0.3) is 0 Å². The molecule has 1 aromatic heterocycles. The molecule has 0 aliphatic carbocycles. The van der Waals surface area contributed by atoms with Crippen LogP contribution in [0.3, 0.4) is 0 Å². The third-order valence-electron chi connectivity index (χ3n) is 3.11. The van der Waals surface area contributed by atoms with E-state index >= 15 is 0 Å². The molecule has 0 radical (unpaired) electrons. The van der Waals surface area contributed by atoms with Crippen molar-refractivity contribution in [3.8, 4) is 0 Å². The summed E-state index contributed by atoms with van der Waals surface area (Å²) in [5.74, 6) is 0.753. The van der Waals surface area contributed by atoms with Gasteiger partial charge in [0.15, 0.2) is 5.96 Å². The zero-order valence-electron chi connectivity index (χ0n) is 16.3. The van der Waals surface area contributed by atoms with E-state index in [1.807, 2.05) is 20.8 Å². The van der Waals surface area contributed by atoms with E-state index in [0.29, 0.717) is 13.1 Å². The van der Waals surface area contributed by atoms with Gasteiger partial charge in [0.2, 0.25) is 0 Å². The van der Waals surface area contributed by atoms with Crippen LogP contribution >= 0.6 is 35.3 Å². The number of amides is 1. The second kappa shape index (κ2) is 13.1. The molecule has 1 rings (SSSR count). The zero-order chi connectivity index (χ0) is 18.7. The lowest BCUT2D eigenvalue weighted by molar-refractivity contribution is 0.0527. The number of hydrogen-bond donors (Lipinski definition) is 3. The molecule has 0 unspecified atom stereocenters. The largest absolute Gasteiger partial charge is 0.444 e. The average Bonchev–Trinajstić information content (AvgIpc) is 2.99. The molecule has 1 amide bonds. The van der Waals surface area contributed by atoms with Crippen molar-refractivity contribution in [1.29, 1.82) is 0 Å². The van der Waals surface area contributed by atoms with Gasteiger partial charge in [-0.2, -0.15) is 0 Å². The van der Waals surface area contributed by atoms with Crippen LogP contribution in [0, 0.1) is 0 Å². The normalized spacial score (nSPS) is 11.5. The standard InChI is InChI=1S/C17H31N5O2S.HI/c1-6-14-22-13(12-25-14)8-11-20-15(18-5)19-9-7-10-21-16(23)24-17(2,3)4;/h12H,6-11H2,1-5H3,(H,21,23)(H2,18,19,20);1H. The van der Waals surface area contributed by atoms with Crippen LogP contribution in [0.4, 0.5) is 4.79 Å². The van der Waals surface area contributed by atoms with Crippen LogP contribution in [0.15, 0.2) is 10.4 Å². The van der Waals surface area contributed by atoms with Gasteiger partial charge in [-0.1, -0.05) is 6.92 Å². The SMILES string of the molecule is CCc1nc(CCNC(=NC)NCCCNC(=O)OC(C)(C)C)cs1.I. The minimum Gasteiger partial charge on any atom is -0.444 e. The Morgan fingerprint density at radius 3 is 2.46 bits per heavy atom. The van der Waals surface area contributed by atoms with Crippen molar-refractivity contribution in [3.63, 3.8) is 0 Å². The molecular weight excluding hydrogens is 465 g/mol. The summed E-state index contributed by atoms with van der Waals surface area (Å²) >= 11 is 1.71. The molecule has 0 saturated heterocycles. The van der Waals surface area contributed by atoms with Gasteiger partial charge in [0, 0.05) is 38.5 Å². The van der Waals surface area contributed by atoms with E-state index in [2.05, 4.69) is 38.2 Å². The van der Waals surface area contributed by atoms with Gasteiger partial charge in [-0.15, -0.1) is 35.3 Å². The Labute approximate surface area is 177 Å². The number of ether oxygens (including phenoxy) is 1. The number of aliphatic imine (C=N–C) groups is 1. The molecular formula is C17H32IN5O2S. The molecule has 1 aromatic rings. The first-order chi connectivity index (χ1) is 11.8. The maximum atomic E-state index is 11.5. The van der Waals surface area contributed by atoms with Crippen LogP contribution in [-0.4, -0.2) is 49.3 Å². The molecule has 0 fully saturated rings. The third-order valence-corrected chi connectivity index (χ3v) is 4.16. The van der Waals surface area contributed by atoms with E-state index in [1.54, 1.807) is 18.4 Å². The number of nitrogens with one attached hydrogen (secondary N) is 3. The predicted molar refractivity (Wildman–Crippen MR) is 119 cm³/mol. The molecule has 0 aliphatic rings. The minimum absolute atomic E-state index is 0. The highest BCUT2D eigenvalue weighted by Crippen LogP contribution is 2.10. The second-order valence-electron chi connectivity index (χ2n) is 6.54. The van der Waals surface area contributed by atoms with Crippen LogP contribution in [0.2, 0.25) is 0 Å². The molecule has 1 heterocycles. The quantitative estimate of drug-likeness (QED) is 0.223. The summed E-state index contributed by atoms with van der Waals surface area (Å²) in [5, 5.41) is 12.5. The smallest absolute Gasteiger partial charge is 0.407 e. The van der Waals surface area contributed by atoms with Gasteiger partial charge >= 0.3 is 6.09 Å². The number of aryl methyl sites for hydroxylation is 1. The lowest BCUT2D eigenvalue weighted by atomic mass is 10.2. The Kier molecular flexibility index (Phi) is 12.6. The number of thiazole rings is 1. The van der Waals surface area contributed by atoms with Gasteiger partial charge in [0.1, 0.15) is 5.60 Å². The number of carbonyl (C=O) groups is 1. The van der Waals surface area contributed by atoms with Crippen LogP contribution in [-0.2, 0) is 17.6 Å². The number of carbonyl (C=O) groups excluding carboxylic acids is 1. The Bertz CT molecular complexity index is 558. The molecule has 9 heteroatoms. The highest BCUT2D eigenvalue weighted by Gasteiger charge is 2.15. The van der Waals surface area contributed by atoms with E-state index in [9.17, 15) is 4.79 Å². The first-order valence-corrected chi connectivity index (χ1v) is 9.56. The first kappa shape index (κ1) is 24.9. The number of alkyl carbamates (subject to hydrolysis) is 1. The van der Waals surface area contributed by atoms with Crippen molar-refractivity contribution in [1.82, 2.24) is 20.9 Å². The second-order valence-corrected chi connectivity index (χ2v) is 7.49. The highest BCUT2D eigenvalue weighted by atomic mass is 127. The number of halogens is 1. The van der Waals surface area contributed by atoms with Crippen molar-refractivity contribution in [2.75, 3.05) is 26.7 Å². The monoisotopic (exact) mass is 497 g/mol. The maximum absolute atomic E-state index is 11.5. The number of guanidine groups is 1. The Balaban J connectivity index is 0.00000625. The third kappa shape index (κ3) is 11.5. The van der Waals surface area contributed by atoms with Crippen LogP contribution in [0.5, 0.6) is 0 Å². The summed E-state index contributed by atoms with van der Waals surface area (Å²) in [6.45, 7) is 9.70. The molecule has 0 aliphatic heterocycles. The fraction of sp³-hybridized carbons (Fsp3) is 0.706. The fourth-order valence-corrected chi connectivity index (χ4v) is 2.73. The van der Waals surface area contributed by atoms with Gasteiger partial charge in [-0.3, -0.25) is 4.99 Å². The van der Waals surface area contributed by atoms with Crippen LogP contribution in [0.1, 0.15) is 44.8 Å². The fourth-order valence-electron chi connectivity index (χ4n) is 1.96. The number of rotatable bonds is 8. The van der Waals surface area contributed by atoms with Gasteiger partial charge < -0.3 is 20.7 Å². The molecule has 0 saturated carbocycles. The van der Waals surface area contributed by atoms with E-state index in [-0.39, 0.29) is 30.1 Å². The topological polar surface area (TPSA) is 87.6 Å². The van der Waals surface area contributed by atoms with E-state index in [4.69, 9.17) is 4.74 Å². The predicted octanol–water partition coefficient (Wildman–Crippen LogP) is 2.95. The van der Waals surface area contributed by atoms with Crippen molar-refractivity contribution < 1.29 is 9.53 Å². The number of nitrogens with zero attached hydrogens (tertiary/aromatic N) is 2. The summed E-state index contributed by atoms with van der Waals surface area (Å²) < 4.78 is 5.18. The summed E-state index contributed by atoms with van der Waals surface area (Å²) in [5.41, 5.74) is 0.648. The maximum Gasteiger partial charge on any atom is 0.407 e. The van der Waals surface area contributed by atoms with Crippen LogP contribution in [0.25, 0.3) is 0 Å². The van der Waals surface area contributed by atoms with Crippen molar-refractivity contribution >= 4 is 47.4 Å². The number of aromatic nitrogens is 1. The molecule has 0 atom stereocenters. The number of hydrogen-bond acceptors (Lipinski definition) is 5. The van der Waals surface area contributed by atoms with E-state index in [0.717, 1.165) is 37.5 Å². The van der Waals surface area contributed by atoms with Crippen molar-refractivity contribution in [3.05, 3.63) is 16.1 Å². The van der Waals surface area contributed by atoms with Gasteiger partial charge in [0.05, 0.1) is 10.7 Å². The zero-order valence-corrected chi connectivity index (χ0v) is 19.5. The summed E-state index contributed by atoms with van der Waals surface area (Å²) in [6.07, 6.45) is 2.26. The Morgan fingerprint density at radius 2 is 1.88 bits per heavy atom. The van der Waals surface area contributed by atoms with Crippen molar-refractivity contribution in [2.24, 2.45) is 4.99 Å². The molecule has 3 N–H and O–H groups in total. The van der Waals surface area contributed by atoms with Gasteiger partial charge in [-0.05, 0) is 33.6 Å². The lowest BCUT2D eigenvalue weighted by Gasteiger charge is -2.19. The van der Waals surface area contributed by atoms with E-state index in [1.165, 1.54) is 5.01 Å². The summed E-state index contributed by atoms with van der Waals surface area (Å²) in [4.78, 5) is 20.2. The summed E-state index contributed by atoms with van der Waals surface area (Å²) in [6, 6.07) is 0. The highest BCUT2D eigenvalue weighted by molar-refractivity contribution is 14.0. The molecule has 0 aromatic carbocycles. The summed E-state index contributed by atoms with van der Waals surface area (Å²) in [7, 11) is 1.74. The lowest BCUT2D eigenvalue weighted by Crippen LogP contribution is -2.40.